The lowest BCUT2D eigenvalue weighted by atomic mass is 9.92. The van der Waals surface area contributed by atoms with Gasteiger partial charge in [0.2, 0.25) is 0 Å². The van der Waals surface area contributed by atoms with Crippen molar-refractivity contribution in [1.29, 1.82) is 0 Å². The highest BCUT2D eigenvalue weighted by Crippen LogP contribution is 2.46. The molecule has 3 fully saturated rings. The number of carbonyl (C=O) groups is 1. The maximum Gasteiger partial charge on any atom is 0.274 e. The average molecular weight is 333 g/mol. The van der Waals surface area contributed by atoms with E-state index in [1.807, 2.05) is 16.7 Å². The lowest BCUT2D eigenvalue weighted by molar-refractivity contribution is 0.0195. The number of amides is 1. The van der Waals surface area contributed by atoms with Crippen LogP contribution in [0, 0.1) is 5.92 Å². The maximum absolute atomic E-state index is 12.3. The molecule has 1 amide bonds. The van der Waals surface area contributed by atoms with E-state index in [9.17, 15) is 4.79 Å². The third kappa shape index (κ3) is 3.24. The molecule has 1 atom stereocenters. The van der Waals surface area contributed by atoms with E-state index in [1.165, 1.54) is 25.7 Å². The van der Waals surface area contributed by atoms with Gasteiger partial charge in [-0.15, -0.1) is 11.8 Å². The molecular formula is C17H23N3O2S. The van der Waals surface area contributed by atoms with Crippen molar-refractivity contribution in [1.82, 2.24) is 14.9 Å². The topological polar surface area (TPSA) is 55.3 Å². The minimum atomic E-state index is -0.000325. The largest absolute Gasteiger partial charge is 0.377 e. The zero-order chi connectivity index (χ0) is 15.7. The van der Waals surface area contributed by atoms with Gasteiger partial charge in [-0.3, -0.25) is 9.78 Å². The third-order valence-electron chi connectivity index (χ3n) is 5.25. The molecule has 0 radical (unpaired) electrons. The molecule has 1 aliphatic carbocycles. The van der Waals surface area contributed by atoms with Crippen molar-refractivity contribution in [2.24, 2.45) is 5.92 Å². The highest BCUT2D eigenvalue weighted by atomic mass is 32.2. The fourth-order valence-electron chi connectivity index (χ4n) is 3.94. The summed E-state index contributed by atoms with van der Waals surface area (Å²) in [5, 5.41) is 0. The number of carbonyl (C=O) groups excluding carboxylic acids is 1. The SMILES string of the molecule is O=C(c1cnccn1)N1CC2(C[C@H](OCC3CCCC3)CS2)C1. The van der Waals surface area contributed by atoms with Crippen LogP contribution < -0.4 is 0 Å². The van der Waals surface area contributed by atoms with Crippen LogP contribution in [0.1, 0.15) is 42.6 Å². The number of nitrogens with zero attached hydrogens (tertiary/aromatic N) is 3. The Labute approximate surface area is 141 Å². The molecule has 5 nitrogen and oxygen atoms in total. The molecule has 0 unspecified atom stereocenters. The monoisotopic (exact) mass is 333 g/mol. The Bertz CT molecular complexity index is 556. The predicted molar refractivity (Wildman–Crippen MR) is 89.4 cm³/mol. The second kappa shape index (κ2) is 6.40. The van der Waals surface area contributed by atoms with Crippen LogP contribution in [0.15, 0.2) is 18.6 Å². The van der Waals surface area contributed by atoms with Gasteiger partial charge in [-0.05, 0) is 25.2 Å². The van der Waals surface area contributed by atoms with Crippen LogP contribution in [0.2, 0.25) is 0 Å². The summed E-state index contributed by atoms with van der Waals surface area (Å²) in [6.45, 7) is 2.57. The number of aromatic nitrogens is 2. The van der Waals surface area contributed by atoms with E-state index < -0.39 is 0 Å². The molecule has 124 valence electrons. The number of hydrogen-bond donors (Lipinski definition) is 0. The number of thioether (sulfide) groups is 1. The van der Waals surface area contributed by atoms with E-state index in [4.69, 9.17) is 4.74 Å². The highest BCUT2D eigenvalue weighted by Gasteiger charge is 2.51. The Hall–Kier alpha value is -1.14. The number of rotatable bonds is 4. The fraction of sp³-hybridized carbons (Fsp3) is 0.706. The first-order valence-electron chi connectivity index (χ1n) is 8.55. The summed E-state index contributed by atoms with van der Waals surface area (Å²) in [6, 6.07) is 0. The van der Waals surface area contributed by atoms with Crippen LogP contribution in [-0.2, 0) is 4.74 Å². The average Bonchev–Trinajstić information content (AvgIpc) is 3.21. The second-order valence-corrected chi connectivity index (χ2v) is 8.54. The van der Waals surface area contributed by atoms with Gasteiger partial charge in [-0.2, -0.15) is 0 Å². The molecule has 6 heteroatoms. The first-order chi connectivity index (χ1) is 11.2. The zero-order valence-corrected chi connectivity index (χ0v) is 14.1. The molecule has 3 aliphatic rings. The van der Waals surface area contributed by atoms with E-state index in [-0.39, 0.29) is 10.7 Å². The third-order valence-corrected chi connectivity index (χ3v) is 6.82. The van der Waals surface area contributed by atoms with E-state index >= 15 is 0 Å². The van der Waals surface area contributed by atoms with Gasteiger partial charge >= 0.3 is 0 Å². The first-order valence-corrected chi connectivity index (χ1v) is 9.54. The van der Waals surface area contributed by atoms with Crippen molar-refractivity contribution in [2.75, 3.05) is 25.4 Å². The van der Waals surface area contributed by atoms with Crippen molar-refractivity contribution >= 4 is 17.7 Å². The van der Waals surface area contributed by atoms with Crippen molar-refractivity contribution in [2.45, 2.75) is 43.0 Å². The minimum absolute atomic E-state index is 0.000325. The Morgan fingerprint density at radius 1 is 1.35 bits per heavy atom. The van der Waals surface area contributed by atoms with Crippen molar-refractivity contribution in [3.05, 3.63) is 24.3 Å². The summed E-state index contributed by atoms with van der Waals surface area (Å²) in [5.41, 5.74) is 0.444. The van der Waals surface area contributed by atoms with Gasteiger partial charge in [-0.25, -0.2) is 4.98 Å². The lowest BCUT2D eigenvalue weighted by Crippen LogP contribution is -2.60. The molecule has 0 N–H and O–H groups in total. The number of likely N-dealkylation sites (tertiary alicyclic amines) is 1. The van der Waals surface area contributed by atoms with Gasteiger partial charge in [0.05, 0.1) is 17.0 Å². The molecule has 0 bridgehead atoms. The maximum atomic E-state index is 12.3. The van der Waals surface area contributed by atoms with Gasteiger partial charge in [0.1, 0.15) is 5.69 Å². The zero-order valence-electron chi connectivity index (χ0n) is 13.3. The van der Waals surface area contributed by atoms with Gasteiger partial charge in [0, 0.05) is 37.8 Å². The lowest BCUT2D eigenvalue weighted by Gasteiger charge is -2.47. The van der Waals surface area contributed by atoms with E-state index in [0.29, 0.717) is 11.8 Å². The standard InChI is InChI=1S/C17H23N3O2S/c21-16(15-8-18-5-6-19-15)20-11-17(12-20)7-14(10-23-17)22-9-13-3-1-2-4-13/h5-6,8,13-14H,1-4,7,9-12H2/t14-/m0/s1. The molecular weight excluding hydrogens is 310 g/mol. The molecule has 2 aliphatic heterocycles. The minimum Gasteiger partial charge on any atom is -0.377 e. The van der Waals surface area contributed by atoms with E-state index in [2.05, 4.69) is 9.97 Å². The highest BCUT2D eigenvalue weighted by molar-refractivity contribution is 8.01. The smallest absolute Gasteiger partial charge is 0.274 e. The molecule has 2 saturated heterocycles. The van der Waals surface area contributed by atoms with Gasteiger partial charge in [-0.1, -0.05) is 12.8 Å². The van der Waals surface area contributed by atoms with Gasteiger partial charge in [0.25, 0.3) is 5.91 Å². The Morgan fingerprint density at radius 3 is 2.91 bits per heavy atom. The number of ether oxygens (including phenoxy) is 1. The van der Waals surface area contributed by atoms with E-state index in [1.54, 1.807) is 18.6 Å². The Balaban J connectivity index is 1.25. The van der Waals surface area contributed by atoms with Crippen molar-refractivity contribution in [3.63, 3.8) is 0 Å². The van der Waals surface area contributed by atoms with Crippen LogP contribution in [0.25, 0.3) is 0 Å². The van der Waals surface area contributed by atoms with Gasteiger partial charge < -0.3 is 9.64 Å². The van der Waals surface area contributed by atoms with Crippen molar-refractivity contribution < 1.29 is 9.53 Å². The number of hydrogen-bond acceptors (Lipinski definition) is 5. The molecule has 1 aromatic rings. The summed E-state index contributed by atoms with van der Waals surface area (Å²) in [7, 11) is 0. The molecule has 3 heterocycles. The van der Waals surface area contributed by atoms with Crippen molar-refractivity contribution in [3.8, 4) is 0 Å². The van der Waals surface area contributed by atoms with Crippen LogP contribution >= 0.6 is 11.8 Å². The Kier molecular flexibility index (Phi) is 4.28. The second-order valence-electron chi connectivity index (χ2n) is 7.06. The summed E-state index contributed by atoms with van der Waals surface area (Å²) in [4.78, 5) is 22.3. The first kappa shape index (κ1) is 15.4. The Morgan fingerprint density at radius 2 is 2.17 bits per heavy atom. The molecule has 1 spiro atoms. The molecule has 4 rings (SSSR count). The quantitative estimate of drug-likeness (QED) is 0.847. The van der Waals surface area contributed by atoms with E-state index in [0.717, 1.165) is 37.8 Å². The summed E-state index contributed by atoms with van der Waals surface area (Å²) < 4.78 is 6.37. The van der Waals surface area contributed by atoms with Crippen LogP contribution in [0.4, 0.5) is 0 Å². The molecule has 0 aromatic carbocycles. The van der Waals surface area contributed by atoms with Crippen LogP contribution in [0.3, 0.4) is 0 Å². The molecule has 1 saturated carbocycles. The summed E-state index contributed by atoms with van der Waals surface area (Å²) in [5.74, 6) is 1.85. The fourth-order valence-corrected chi connectivity index (χ4v) is 5.50. The van der Waals surface area contributed by atoms with Crippen LogP contribution in [-0.4, -0.2) is 57.1 Å². The molecule has 1 aromatic heterocycles. The normalized spacial score (nSPS) is 26.6. The predicted octanol–water partition coefficient (Wildman–Crippen LogP) is 2.38. The molecule has 23 heavy (non-hydrogen) atoms. The van der Waals surface area contributed by atoms with Crippen LogP contribution in [0.5, 0.6) is 0 Å². The summed E-state index contributed by atoms with van der Waals surface area (Å²) >= 11 is 1.98. The summed E-state index contributed by atoms with van der Waals surface area (Å²) in [6.07, 6.45) is 11.6. The van der Waals surface area contributed by atoms with Gasteiger partial charge in [0.15, 0.2) is 0 Å².